The van der Waals surface area contributed by atoms with Crippen LogP contribution in [0.3, 0.4) is 0 Å². The molecule has 1 unspecified atom stereocenters. The summed E-state index contributed by atoms with van der Waals surface area (Å²) in [7, 11) is 0. The van der Waals surface area contributed by atoms with E-state index < -0.39 is 0 Å². The molecule has 1 saturated heterocycles. The number of aromatic nitrogens is 2. The first-order valence-corrected chi connectivity index (χ1v) is 10.3. The molecule has 2 aromatic carbocycles. The van der Waals surface area contributed by atoms with Gasteiger partial charge in [-0.1, -0.05) is 49.4 Å². The molecule has 1 aliphatic heterocycles. The summed E-state index contributed by atoms with van der Waals surface area (Å²) in [5.41, 5.74) is 3.65. The molecule has 0 aliphatic carbocycles. The van der Waals surface area contributed by atoms with Crippen molar-refractivity contribution in [3.63, 3.8) is 0 Å². The Hall–Kier alpha value is -3.21. The first kappa shape index (κ1) is 19.1. The van der Waals surface area contributed by atoms with Crippen molar-refractivity contribution >= 4 is 17.4 Å². The minimum atomic E-state index is -0.153. The average Bonchev–Trinajstić information content (AvgIpc) is 3.31. The van der Waals surface area contributed by atoms with E-state index in [4.69, 9.17) is 0 Å². The third-order valence-electron chi connectivity index (χ3n) is 5.46. The molecule has 2 heterocycles. The van der Waals surface area contributed by atoms with Crippen molar-refractivity contribution in [3.8, 4) is 11.3 Å². The van der Waals surface area contributed by atoms with Crippen LogP contribution in [0.4, 0.5) is 11.5 Å². The summed E-state index contributed by atoms with van der Waals surface area (Å²) in [4.78, 5) is 15.0. The third-order valence-corrected chi connectivity index (χ3v) is 5.46. The van der Waals surface area contributed by atoms with Crippen molar-refractivity contribution in [2.24, 2.45) is 0 Å². The average molecular weight is 386 g/mol. The fourth-order valence-electron chi connectivity index (χ4n) is 3.81. The zero-order chi connectivity index (χ0) is 20.1. The molecule has 1 fully saturated rings. The number of anilines is 2. The van der Waals surface area contributed by atoms with Gasteiger partial charge in [0, 0.05) is 24.3 Å². The van der Waals surface area contributed by atoms with Crippen LogP contribution in [0, 0.1) is 0 Å². The minimum absolute atomic E-state index is 0.0150. The van der Waals surface area contributed by atoms with Gasteiger partial charge in [0.1, 0.15) is 0 Å². The van der Waals surface area contributed by atoms with Crippen molar-refractivity contribution in [2.45, 2.75) is 32.1 Å². The van der Waals surface area contributed by atoms with Crippen LogP contribution < -0.4 is 10.2 Å². The third kappa shape index (κ3) is 4.45. The summed E-state index contributed by atoms with van der Waals surface area (Å²) in [6.07, 6.45) is 3.20. The normalized spacial score (nSPS) is 14.6. The van der Waals surface area contributed by atoms with Gasteiger partial charge in [0.25, 0.3) is 0 Å². The number of carbonyl (C=O) groups excluding carboxylic acids is 1. The van der Waals surface area contributed by atoms with Crippen LogP contribution in [0.1, 0.15) is 37.7 Å². The van der Waals surface area contributed by atoms with E-state index in [1.165, 1.54) is 12.8 Å². The van der Waals surface area contributed by atoms with Gasteiger partial charge in [0.05, 0.1) is 11.6 Å². The van der Waals surface area contributed by atoms with Gasteiger partial charge in [-0.15, -0.1) is 10.2 Å². The Morgan fingerprint density at radius 1 is 0.966 bits per heavy atom. The van der Waals surface area contributed by atoms with E-state index >= 15 is 0 Å². The second-order valence-electron chi connectivity index (χ2n) is 7.41. The maximum Gasteiger partial charge on any atom is 0.231 e. The zero-order valence-electron chi connectivity index (χ0n) is 16.7. The molecule has 3 aromatic rings. The number of nitrogens with one attached hydrogen (secondary N) is 1. The van der Waals surface area contributed by atoms with Crippen molar-refractivity contribution in [3.05, 3.63) is 72.3 Å². The monoisotopic (exact) mass is 386 g/mol. The highest BCUT2D eigenvalue weighted by Gasteiger charge is 2.18. The highest BCUT2D eigenvalue weighted by molar-refractivity contribution is 5.96. The summed E-state index contributed by atoms with van der Waals surface area (Å²) in [5, 5.41) is 11.8. The Bertz CT molecular complexity index is 933. The SMILES string of the molecule is CCC(C(=O)Nc1ccc(-c2ccc(N3CCCC3)nn2)cc1)c1ccccc1. The second-order valence-corrected chi connectivity index (χ2v) is 7.41. The van der Waals surface area contributed by atoms with Crippen molar-refractivity contribution in [1.82, 2.24) is 10.2 Å². The lowest BCUT2D eigenvalue weighted by molar-refractivity contribution is -0.117. The predicted molar refractivity (Wildman–Crippen MR) is 117 cm³/mol. The van der Waals surface area contributed by atoms with Crippen molar-refractivity contribution in [1.29, 1.82) is 0 Å². The van der Waals surface area contributed by atoms with E-state index in [-0.39, 0.29) is 11.8 Å². The van der Waals surface area contributed by atoms with Gasteiger partial charge in [-0.05, 0) is 49.1 Å². The number of amides is 1. The molecule has 0 saturated carbocycles. The number of hydrogen-bond donors (Lipinski definition) is 1. The van der Waals surface area contributed by atoms with Gasteiger partial charge in [0.15, 0.2) is 5.82 Å². The summed E-state index contributed by atoms with van der Waals surface area (Å²) in [5.74, 6) is 0.808. The summed E-state index contributed by atoms with van der Waals surface area (Å²) in [6, 6.07) is 21.7. The predicted octanol–water partition coefficient (Wildman–Crippen LogP) is 4.88. The minimum Gasteiger partial charge on any atom is -0.355 e. The highest BCUT2D eigenvalue weighted by atomic mass is 16.1. The first-order chi connectivity index (χ1) is 14.2. The van der Waals surface area contributed by atoms with Crippen LogP contribution >= 0.6 is 0 Å². The molecule has 1 N–H and O–H groups in total. The van der Waals surface area contributed by atoms with Crippen LogP contribution in [-0.4, -0.2) is 29.2 Å². The molecule has 0 spiro atoms. The molecular formula is C24H26N4O. The zero-order valence-corrected chi connectivity index (χ0v) is 16.7. The number of rotatable bonds is 6. The van der Waals surface area contributed by atoms with Crippen molar-refractivity contribution in [2.75, 3.05) is 23.3 Å². The number of nitrogens with zero attached hydrogens (tertiary/aromatic N) is 3. The van der Waals surface area contributed by atoms with E-state index in [0.717, 1.165) is 47.8 Å². The van der Waals surface area contributed by atoms with Crippen molar-refractivity contribution < 1.29 is 4.79 Å². The lowest BCUT2D eigenvalue weighted by Crippen LogP contribution is -2.20. The van der Waals surface area contributed by atoms with Gasteiger partial charge < -0.3 is 10.2 Å². The van der Waals surface area contributed by atoms with Crippen LogP contribution in [0.2, 0.25) is 0 Å². The van der Waals surface area contributed by atoms with Gasteiger partial charge in [-0.3, -0.25) is 4.79 Å². The van der Waals surface area contributed by atoms with Gasteiger partial charge in [-0.2, -0.15) is 0 Å². The van der Waals surface area contributed by atoms with Crippen LogP contribution in [0.25, 0.3) is 11.3 Å². The van der Waals surface area contributed by atoms with Gasteiger partial charge in [-0.25, -0.2) is 0 Å². The molecule has 1 atom stereocenters. The Balaban J connectivity index is 1.43. The first-order valence-electron chi connectivity index (χ1n) is 10.3. The summed E-state index contributed by atoms with van der Waals surface area (Å²) < 4.78 is 0. The van der Waals surface area contributed by atoms with Crippen LogP contribution in [0.5, 0.6) is 0 Å². The van der Waals surface area contributed by atoms with Gasteiger partial charge >= 0.3 is 0 Å². The molecule has 1 amide bonds. The smallest absolute Gasteiger partial charge is 0.231 e. The Morgan fingerprint density at radius 2 is 1.69 bits per heavy atom. The Kier molecular flexibility index (Phi) is 5.84. The molecule has 4 rings (SSSR count). The van der Waals surface area contributed by atoms with Gasteiger partial charge in [0.2, 0.25) is 5.91 Å². The standard InChI is InChI=1S/C24H26N4O/c1-2-21(18-8-4-3-5-9-18)24(29)25-20-12-10-19(11-13-20)22-14-15-23(27-26-22)28-16-6-7-17-28/h3-5,8-15,21H,2,6-7,16-17H2,1H3,(H,25,29). The number of benzene rings is 2. The fourth-order valence-corrected chi connectivity index (χ4v) is 3.81. The number of hydrogen-bond acceptors (Lipinski definition) is 4. The largest absolute Gasteiger partial charge is 0.355 e. The Morgan fingerprint density at radius 3 is 2.31 bits per heavy atom. The maximum atomic E-state index is 12.7. The molecule has 5 nitrogen and oxygen atoms in total. The van der Waals surface area contributed by atoms with E-state index in [1.807, 2.05) is 73.7 Å². The van der Waals surface area contributed by atoms with E-state index in [1.54, 1.807) is 0 Å². The van der Waals surface area contributed by atoms with E-state index in [0.29, 0.717) is 0 Å². The van der Waals surface area contributed by atoms with Crippen LogP contribution in [-0.2, 0) is 4.79 Å². The quantitative estimate of drug-likeness (QED) is 0.656. The molecule has 0 radical (unpaired) electrons. The summed E-state index contributed by atoms with van der Waals surface area (Å²) >= 11 is 0. The molecule has 148 valence electrons. The van der Waals surface area contributed by atoms with E-state index in [9.17, 15) is 4.79 Å². The molecule has 1 aliphatic rings. The Labute approximate surface area is 171 Å². The topological polar surface area (TPSA) is 58.1 Å². The molecular weight excluding hydrogens is 360 g/mol. The molecule has 0 bridgehead atoms. The lowest BCUT2D eigenvalue weighted by atomic mass is 9.95. The molecule has 5 heteroatoms. The second kappa shape index (κ2) is 8.86. The molecule has 1 aromatic heterocycles. The fraction of sp³-hybridized carbons (Fsp3) is 0.292. The summed E-state index contributed by atoms with van der Waals surface area (Å²) in [6.45, 7) is 4.15. The molecule has 29 heavy (non-hydrogen) atoms. The van der Waals surface area contributed by atoms with Crippen LogP contribution in [0.15, 0.2) is 66.7 Å². The maximum absolute atomic E-state index is 12.7. The highest BCUT2D eigenvalue weighted by Crippen LogP contribution is 2.24. The van der Waals surface area contributed by atoms with E-state index in [2.05, 4.69) is 20.4 Å². The lowest BCUT2D eigenvalue weighted by Gasteiger charge is -2.16. The number of carbonyl (C=O) groups is 1.